The fourth-order valence-corrected chi connectivity index (χ4v) is 10.1. The van der Waals surface area contributed by atoms with Gasteiger partial charge < -0.3 is 25.2 Å². The molecule has 0 spiro atoms. The van der Waals surface area contributed by atoms with E-state index in [2.05, 4.69) is 77.1 Å². The van der Waals surface area contributed by atoms with Crippen LogP contribution in [0.15, 0.2) is 205 Å². The summed E-state index contributed by atoms with van der Waals surface area (Å²) in [5, 5.41) is 37.2. The molecule has 4 radical (unpaired) electrons. The van der Waals surface area contributed by atoms with Gasteiger partial charge >= 0.3 is 0 Å². The van der Waals surface area contributed by atoms with Gasteiger partial charge in [-0.15, -0.1) is 135 Å². The van der Waals surface area contributed by atoms with Crippen molar-refractivity contribution >= 4 is 66.7 Å². The second-order valence-corrected chi connectivity index (χ2v) is 25.4. The molecule has 0 bridgehead atoms. The quantitative estimate of drug-likeness (QED) is 0.0459. The summed E-state index contributed by atoms with van der Waals surface area (Å²) in [6.45, 7) is 28.6. The predicted octanol–water partition coefficient (Wildman–Crippen LogP) is 22.3. The number of methoxy groups -OCH3 is 1. The molecule has 12 aromatic rings. The van der Waals surface area contributed by atoms with Crippen LogP contribution in [0.4, 0.5) is 17.6 Å². The van der Waals surface area contributed by atoms with E-state index in [-0.39, 0.29) is 150 Å². The summed E-state index contributed by atoms with van der Waals surface area (Å²) < 4.78 is 59.7. The van der Waals surface area contributed by atoms with Crippen molar-refractivity contribution in [2.45, 2.75) is 118 Å². The van der Waals surface area contributed by atoms with Gasteiger partial charge in [0.15, 0.2) is 23.1 Å². The molecule has 4 heterocycles. The van der Waals surface area contributed by atoms with Crippen LogP contribution in [-0.4, -0.2) is 70.6 Å². The van der Waals surface area contributed by atoms with Crippen LogP contribution >= 0.6 is 0 Å². The minimum absolute atomic E-state index is 0. The fraction of sp³-hybridized carbons (Fsp3) is 0.200. The largest absolute Gasteiger partial charge is 0.516 e. The van der Waals surface area contributed by atoms with E-state index in [0.717, 1.165) is 83.5 Å². The van der Waals surface area contributed by atoms with Crippen molar-refractivity contribution in [2.75, 3.05) is 7.11 Å². The first-order valence-corrected chi connectivity index (χ1v) is 33.7. The Hall–Kier alpha value is -9.64. The van der Waals surface area contributed by atoms with E-state index in [0.29, 0.717) is 44.3 Å². The summed E-state index contributed by atoms with van der Waals surface area (Å²) >= 11 is 0. The number of fused-ring (bicyclic) bond motifs is 4. The zero-order valence-corrected chi connectivity index (χ0v) is 74.4. The number of halogens is 4. The number of aryl methyl sites for hydroxylation is 9. The summed E-state index contributed by atoms with van der Waals surface area (Å²) in [5.74, 6) is -0.393. The van der Waals surface area contributed by atoms with Crippen LogP contribution in [-0.2, 0) is 99.6 Å². The Bertz CT molecular complexity index is 5210. The Morgan fingerprint density at radius 2 is 0.640 bits per heavy atom. The molecule has 21 heteroatoms. The molecule has 0 amide bonds. The zero-order chi connectivity index (χ0) is 79.5. The van der Waals surface area contributed by atoms with Crippen LogP contribution in [0, 0.1) is 110 Å². The smallest absolute Gasteiger partial charge is 0.155 e. The molecule has 0 atom stereocenters. The molecular formula is C90H88F4Ir4N4O9-4. The van der Waals surface area contributed by atoms with Gasteiger partial charge in [0.05, 0.1) is 52.2 Å². The number of nitrogens with zero attached hydrogens (tertiary/aromatic N) is 4. The van der Waals surface area contributed by atoms with Crippen molar-refractivity contribution in [3.8, 4) is 50.8 Å². The summed E-state index contributed by atoms with van der Waals surface area (Å²) in [6, 6.07) is 61.2. The van der Waals surface area contributed by atoms with Crippen molar-refractivity contribution in [3.63, 3.8) is 0 Å². The third-order valence-electron chi connectivity index (χ3n) is 15.2. The second kappa shape index (κ2) is 48.2. The molecule has 12 rings (SSSR count). The average Bonchev–Trinajstić information content (AvgIpc) is 0.825. The first kappa shape index (κ1) is 99.4. The van der Waals surface area contributed by atoms with Crippen LogP contribution in [0.5, 0.6) is 5.75 Å². The number of pyridine rings is 4. The molecule has 0 aliphatic carbocycles. The first-order chi connectivity index (χ1) is 50.4. The SMILES string of the molecule is CC(=O)C=C(C)O.CC(=O)C=C(C)O.CC(=O)C=C(C)O.CC(=O)C=C(C)O.COc1cc[c-]c(-c2ccc3cc(C)c(F)cc3n2)c1.Cc1[c-]c(-c2ccc3cc(C)c(F)cc3n2)cc(C)c1.Cc1c[c-]c(-c2ccc3cc(C)c(F)cc3n2)cc1C.Cc1cc[c-]c(-c2ccc3cc(C)c(F)cc3n2)c1.[Ir].[Ir].[Ir].[Ir]. The Labute approximate surface area is 701 Å². The minimum atomic E-state index is -0.239. The van der Waals surface area contributed by atoms with Crippen molar-refractivity contribution in [3.05, 3.63) is 303 Å². The molecule has 0 aliphatic rings. The van der Waals surface area contributed by atoms with E-state index in [1.165, 1.54) is 121 Å². The zero-order valence-electron chi connectivity index (χ0n) is 64.8. The molecule has 8 aromatic carbocycles. The van der Waals surface area contributed by atoms with E-state index in [4.69, 9.17) is 25.2 Å². The minimum Gasteiger partial charge on any atom is -0.516 e. The van der Waals surface area contributed by atoms with Gasteiger partial charge in [-0.25, -0.2) is 17.6 Å². The maximum atomic E-state index is 13.7. The Balaban J connectivity index is 0.000000657. The van der Waals surface area contributed by atoms with E-state index in [9.17, 15) is 36.7 Å². The average molecular weight is 2210 g/mol. The van der Waals surface area contributed by atoms with Gasteiger partial charge in [-0.1, -0.05) is 83.1 Å². The number of carbonyl (C=O) groups excluding carboxylic acids is 4. The van der Waals surface area contributed by atoms with Gasteiger partial charge in [0.2, 0.25) is 0 Å². The van der Waals surface area contributed by atoms with Crippen molar-refractivity contribution in [2.24, 2.45) is 0 Å². The molecule has 0 aliphatic heterocycles. The molecule has 4 aromatic heterocycles. The number of benzene rings is 8. The van der Waals surface area contributed by atoms with Gasteiger partial charge in [-0.2, -0.15) is 0 Å². The van der Waals surface area contributed by atoms with Gasteiger partial charge in [-0.3, -0.25) is 39.1 Å². The number of aliphatic hydroxyl groups excluding tert-OH is 4. The summed E-state index contributed by atoms with van der Waals surface area (Å²) in [6.07, 6.45) is 4.67. The number of allylic oxidation sites excluding steroid dienone is 8. The number of ketones is 4. The van der Waals surface area contributed by atoms with Gasteiger partial charge in [0.1, 0.15) is 23.3 Å². The van der Waals surface area contributed by atoms with E-state index < -0.39 is 0 Å². The van der Waals surface area contributed by atoms with E-state index >= 15 is 0 Å². The van der Waals surface area contributed by atoms with Crippen LogP contribution in [0.1, 0.15) is 105 Å². The molecule has 13 nitrogen and oxygen atoms in total. The normalized spacial score (nSPS) is 10.6. The third kappa shape index (κ3) is 33.8. The van der Waals surface area contributed by atoms with Crippen LogP contribution in [0.3, 0.4) is 0 Å². The number of hydrogen-bond acceptors (Lipinski definition) is 13. The first-order valence-electron chi connectivity index (χ1n) is 33.7. The molecule has 111 heavy (non-hydrogen) atoms. The van der Waals surface area contributed by atoms with Crippen molar-refractivity contribution in [1.29, 1.82) is 0 Å². The summed E-state index contributed by atoms with van der Waals surface area (Å²) in [7, 11) is 1.62. The second-order valence-electron chi connectivity index (χ2n) is 25.4. The number of hydrogen-bond donors (Lipinski definition) is 4. The summed E-state index contributed by atoms with van der Waals surface area (Å²) in [5.41, 5.74) is 17.9. The summed E-state index contributed by atoms with van der Waals surface area (Å²) in [4.78, 5) is 58.2. The number of ether oxygens (including phenoxy) is 1. The van der Waals surface area contributed by atoms with Crippen LogP contribution < -0.4 is 4.74 Å². The topological polar surface area (TPSA) is 210 Å². The Kier molecular flexibility index (Phi) is 43.2. The predicted molar refractivity (Wildman–Crippen MR) is 421 cm³/mol. The Morgan fingerprint density at radius 1 is 0.342 bits per heavy atom. The number of carbonyl (C=O) groups is 4. The van der Waals surface area contributed by atoms with E-state index in [1.54, 1.807) is 46.9 Å². The number of aromatic nitrogens is 4. The van der Waals surface area contributed by atoms with E-state index in [1.807, 2.05) is 123 Å². The van der Waals surface area contributed by atoms with Gasteiger partial charge in [-0.05, 0) is 198 Å². The standard InChI is InChI=1S/2C18H15FN.C17H13FNO.C17H13FN.4C5H8O2.4Ir/c1-11-6-12(2)8-15(7-11)17-5-4-14-9-13(3)16(19)10-18(14)20-17;1-11-4-5-14(8-12(11)2)17-7-6-15-9-13(3)16(19)10-18(15)20-17;1-11-8-13-6-7-16(19-17(13)10-15(11)18)12-4-3-5-14(9-12)20-2;1-11-4-3-5-13(8-11)16-7-6-14-9-12(2)15(18)10-17(14)19-16;4*1-4(6)3-5(2)7;;;;/h4-7,9-10H,1-3H3;4,6-10H,1-3H3;3,5-10H,1-2H3;3-4,6-10H,1-2H3;4*3,6H,1-2H3;;;;/q4*-1;;;;;;;;. The maximum Gasteiger partial charge on any atom is 0.155 e. The molecule has 0 unspecified atom stereocenters. The molecule has 0 saturated heterocycles. The van der Waals surface area contributed by atoms with Crippen molar-refractivity contribution < 1.29 is 142 Å². The van der Waals surface area contributed by atoms with Gasteiger partial charge in [0.25, 0.3) is 0 Å². The molecule has 0 fully saturated rings. The fourth-order valence-electron chi connectivity index (χ4n) is 10.1. The van der Waals surface area contributed by atoms with Crippen LogP contribution in [0.2, 0.25) is 0 Å². The van der Waals surface area contributed by atoms with Crippen LogP contribution in [0.25, 0.3) is 88.6 Å². The monoisotopic (exact) mass is 2220 g/mol. The maximum absolute atomic E-state index is 13.7. The third-order valence-corrected chi connectivity index (χ3v) is 15.2. The Morgan fingerprint density at radius 3 is 0.919 bits per heavy atom. The molecule has 4 N–H and O–H groups in total. The number of aliphatic hydroxyl groups is 4. The number of rotatable bonds is 9. The van der Waals surface area contributed by atoms with Crippen molar-refractivity contribution in [1.82, 2.24) is 19.9 Å². The molecule has 590 valence electrons. The van der Waals surface area contributed by atoms with Gasteiger partial charge in [0, 0.05) is 110 Å². The molecular weight excluding hydrogens is 2130 g/mol. The molecule has 0 saturated carbocycles.